The second-order valence-corrected chi connectivity index (χ2v) is 9.84. The maximum Gasteiger partial charge on any atom is 0.324 e. The van der Waals surface area contributed by atoms with E-state index in [-0.39, 0.29) is 17.9 Å². The van der Waals surface area contributed by atoms with Crippen LogP contribution in [0.4, 0.5) is 0 Å². The highest BCUT2D eigenvalue weighted by Crippen LogP contribution is 2.46. The zero-order valence-electron chi connectivity index (χ0n) is 19.8. The van der Waals surface area contributed by atoms with E-state index in [0.717, 1.165) is 31.7 Å². The summed E-state index contributed by atoms with van der Waals surface area (Å²) in [5, 5.41) is 0. The summed E-state index contributed by atoms with van der Waals surface area (Å²) in [4.78, 5) is 15.3. The van der Waals surface area contributed by atoms with E-state index in [2.05, 4.69) is 30.9 Å². The van der Waals surface area contributed by atoms with Gasteiger partial charge in [0.05, 0.1) is 14.2 Å². The van der Waals surface area contributed by atoms with Gasteiger partial charge in [0, 0.05) is 31.5 Å². The van der Waals surface area contributed by atoms with Gasteiger partial charge in [0.1, 0.15) is 6.04 Å². The minimum absolute atomic E-state index is 0.00753. The number of ether oxygens (including phenoxy) is 3. The molecule has 2 aliphatic heterocycles. The fourth-order valence-electron chi connectivity index (χ4n) is 4.94. The number of nitrogens with two attached hydrogens (primary N) is 2. The maximum absolute atomic E-state index is 12.8. The second kappa shape index (κ2) is 9.35. The molecule has 4 N–H and O–H groups in total. The molecule has 0 aromatic heterocycles. The van der Waals surface area contributed by atoms with Crippen molar-refractivity contribution in [2.45, 2.75) is 64.8 Å². The normalized spacial score (nSPS) is 26.9. The lowest BCUT2D eigenvalue weighted by Crippen LogP contribution is -2.62. The largest absolute Gasteiger partial charge is 0.493 e. The van der Waals surface area contributed by atoms with Crippen LogP contribution in [0.1, 0.15) is 57.7 Å². The first-order valence-corrected chi connectivity index (χ1v) is 11.4. The van der Waals surface area contributed by atoms with Gasteiger partial charge in [-0.2, -0.15) is 0 Å². The van der Waals surface area contributed by atoms with Crippen molar-refractivity contribution in [2.24, 2.45) is 29.2 Å². The summed E-state index contributed by atoms with van der Waals surface area (Å²) < 4.78 is 17.1. The van der Waals surface area contributed by atoms with Crippen molar-refractivity contribution in [3.05, 3.63) is 23.3 Å². The third-order valence-corrected chi connectivity index (χ3v) is 6.81. The zero-order valence-corrected chi connectivity index (χ0v) is 19.8. The average molecular weight is 434 g/mol. The minimum Gasteiger partial charge on any atom is -0.493 e. The van der Waals surface area contributed by atoms with Crippen LogP contribution in [-0.4, -0.2) is 49.9 Å². The van der Waals surface area contributed by atoms with Gasteiger partial charge in [0.25, 0.3) is 0 Å². The van der Waals surface area contributed by atoms with Gasteiger partial charge in [-0.05, 0) is 47.9 Å². The highest BCUT2D eigenvalue weighted by Gasteiger charge is 2.49. The van der Waals surface area contributed by atoms with E-state index < -0.39 is 17.7 Å². The number of piperidine rings is 1. The number of rotatable bonds is 7. The van der Waals surface area contributed by atoms with Crippen molar-refractivity contribution in [2.75, 3.05) is 27.3 Å². The minimum atomic E-state index is -1.06. The number of benzene rings is 1. The van der Waals surface area contributed by atoms with E-state index in [1.54, 1.807) is 14.2 Å². The van der Waals surface area contributed by atoms with E-state index in [1.807, 2.05) is 13.8 Å². The molecule has 1 aromatic rings. The molecule has 3 rings (SSSR count). The van der Waals surface area contributed by atoms with E-state index in [9.17, 15) is 4.79 Å². The van der Waals surface area contributed by atoms with Gasteiger partial charge in [0.2, 0.25) is 0 Å². The molecule has 0 radical (unpaired) electrons. The second-order valence-electron chi connectivity index (χ2n) is 9.84. The first-order valence-electron chi connectivity index (χ1n) is 11.4. The number of carbonyl (C=O) groups is 1. The SMILES string of the molecule is COc1cc2c(cc1OC)C1CC(N)(OC(=O)C(N)C(C)C)C(CC(C)C)CN1CC2. The molecule has 7 heteroatoms. The van der Waals surface area contributed by atoms with E-state index in [0.29, 0.717) is 18.1 Å². The van der Waals surface area contributed by atoms with E-state index >= 15 is 0 Å². The lowest BCUT2D eigenvalue weighted by molar-refractivity contribution is -0.182. The van der Waals surface area contributed by atoms with Crippen LogP contribution >= 0.6 is 0 Å². The molecule has 31 heavy (non-hydrogen) atoms. The van der Waals surface area contributed by atoms with Gasteiger partial charge in [-0.25, -0.2) is 0 Å². The fourth-order valence-corrected chi connectivity index (χ4v) is 4.94. The number of esters is 1. The maximum atomic E-state index is 12.8. The first kappa shape index (κ1) is 23.8. The van der Waals surface area contributed by atoms with Crippen molar-refractivity contribution in [3.63, 3.8) is 0 Å². The molecule has 0 spiro atoms. The van der Waals surface area contributed by atoms with Crippen molar-refractivity contribution in [1.29, 1.82) is 0 Å². The average Bonchev–Trinajstić information content (AvgIpc) is 2.72. The summed E-state index contributed by atoms with van der Waals surface area (Å²) in [7, 11) is 3.30. The molecule has 2 heterocycles. The van der Waals surface area contributed by atoms with Crippen LogP contribution in [0.15, 0.2) is 12.1 Å². The number of methoxy groups -OCH3 is 2. The van der Waals surface area contributed by atoms with E-state index in [4.69, 9.17) is 25.7 Å². The lowest BCUT2D eigenvalue weighted by Gasteiger charge is -2.51. The summed E-state index contributed by atoms with van der Waals surface area (Å²) in [5.41, 5.74) is 14.3. The van der Waals surface area contributed by atoms with Crippen LogP contribution in [0, 0.1) is 17.8 Å². The lowest BCUT2D eigenvalue weighted by atomic mass is 9.75. The molecule has 0 saturated carbocycles. The Morgan fingerprint density at radius 2 is 1.84 bits per heavy atom. The highest BCUT2D eigenvalue weighted by molar-refractivity contribution is 5.76. The fraction of sp³-hybridized carbons (Fsp3) is 0.708. The predicted molar refractivity (Wildman–Crippen MR) is 121 cm³/mol. The quantitative estimate of drug-likeness (QED) is 0.504. The third-order valence-electron chi connectivity index (χ3n) is 6.81. The van der Waals surface area contributed by atoms with Crippen molar-refractivity contribution in [1.82, 2.24) is 4.90 Å². The molecule has 174 valence electrons. The Balaban J connectivity index is 1.95. The monoisotopic (exact) mass is 433 g/mol. The first-order chi connectivity index (χ1) is 14.6. The van der Waals surface area contributed by atoms with Gasteiger partial charge >= 0.3 is 5.97 Å². The Hall–Kier alpha value is -1.83. The molecular weight excluding hydrogens is 394 g/mol. The number of nitrogens with zero attached hydrogens (tertiary/aromatic N) is 1. The summed E-state index contributed by atoms with van der Waals surface area (Å²) in [6.45, 7) is 9.92. The number of hydrogen-bond donors (Lipinski definition) is 2. The Bertz CT molecular complexity index is 797. The molecule has 4 atom stereocenters. The third kappa shape index (κ3) is 4.83. The molecule has 7 nitrogen and oxygen atoms in total. The molecule has 2 aliphatic rings. The van der Waals surface area contributed by atoms with Crippen LogP contribution in [0.2, 0.25) is 0 Å². The van der Waals surface area contributed by atoms with Gasteiger partial charge in [-0.3, -0.25) is 15.4 Å². The van der Waals surface area contributed by atoms with Gasteiger partial charge < -0.3 is 19.9 Å². The Kier molecular flexibility index (Phi) is 7.18. The summed E-state index contributed by atoms with van der Waals surface area (Å²) in [6.07, 6.45) is 2.36. The van der Waals surface area contributed by atoms with Crippen LogP contribution in [0.25, 0.3) is 0 Å². The summed E-state index contributed by atoms with van der Waals surface area (Å²) in [5.74, 6) is 1.51. The Morgan fingerprint density at radius 1 is 1.19 bits per heavy atom. The molecule has 0 bridgehead atoms. The van der Waals surface area contributed by atoms with E-state index in [1.165, 1.54) is 11.1 Å². The Labute approximate surface area is 186 Å². The van der Waals surface area contributed by atoms with Crippen LogP contribution in [0.3, 0.4) is 0 Å². The van der Waals surface area contributed by atoms with Crippen molar-refractivity contribution >= 4 is 5.97 Å². The molecule has 0 aliphatic carbocycles. The molecular formula is C24H39N3O4. The summed E-state index contributed by atoms with van der Waals surface area (Å²) >= 11 is 0. The zero-order chi connectivity index (χ0) is 22.9. The van der Waals surface area contributed by atoms with Gasteiger partial charge in [0.15, 0.2) is 17.2 Å². The van der Waals surface area contributed by atoms with Crippen LogP contribution in [0.5, 0.6) is 11.5 Å². The van der Waals surface area contributed by atoms with Gasteiger partial charge in [-0.15, -0.1) is 0 Å². The van der Waals surface area contributed by atoms with Crippen LogP contribution < -0.4 is 20.9 Å². The molecule has 4 unspecified atom stereocenters. The number of fused-ring (bicyclic) bond motifs is 3. The molecule has 1 fully saturated rings. The summed E-state index contributed by atoms with van der Waals surface area (Å²) in [6, 6.07) is 3.49. The molecule has 1 aromatic carbocycles. The number of carbonyl (C=O) groups excluding carboxylic acids is 1. The van der Waals surface area contributed by atoms with Crippen LogP contribution in [-0.2, 0) is 16.0 Å². The topological polar surface area (TPSA) is 100 Å². The van der Waals surface area contributed by atoms with Crippen molar-refractivity contribution < 1.29 is 19.0 Å². The standard InChI is InChI=1S/C24H39N3O4/c1-14(2)9-17-13-27-8-7-16-10-20(29-5)21(30-6)11-18(16)19(27)12-24(17,26)31-23(28)22(25)15(3)4/h10-11,14-15,17,19,22H,7-9,12-13,25-26H2,1-6H3. The smallest absolute Gasteiger partial charge is 0.324 e. The molecule has 1 saturated heterocycles. The van der Waals surface area contributed by atoms with Gasteiger partial charge in [-0.1, -0.05) is 27.7 Å². The Morgan fingerprint density at radius 3 is 2.42 bits per heavy atom. The number of hydrogen-bond acceptors (Lipinski definition) is 7. The highest BCUT2D eigenvalue weighted by atomic mass is 16.6. The molecule has 0 amide bonds. The van der Waals surface area contributed by atoms with Crippen molar-refractivity contribution in [3.8, 4) is 11.5 Å². The predicted octanol–water partition coefficient (Wildman–Crippen LogP) is 2.85.